The van der Waals surface area contributed by atoms with Crippen LogP contribution in [0.2, 0.25) is 0 Å². The Balaban J connectivity index is 1.45. The molecule has 1 fully saturated rings. The molecule has 9 heteroatoms. The number of methoxy groups -OCH3 is 3. The SMILES string of the molecule is COc1ccc(NC(=S)N2CCN(c3ncnc4cc(OC)c(OC)cc34)CC2)cc1. The lowest BCUT2D eigenvalue weighted by atomic mass is 10.2. The Hall–Kier alpha value is -3.33. The van der Waals surface area contributed by atoms with Gasteiger partial charge in [0, 0.05) is 43.3 Å². The van der Waals surface area contributed by atoms with Crippen LogP contribution in [-0.4, -0.2) is 67.5 Å². The summed E-state index contributed by atoms with van der Waals surface area (Å²) in [5, 5.41) is 4.95. The molecule has 0 spiro atoms. The van der Waals surface area contributed by atoms with Crippen LogP contribution in [0.4, 0.5) is 11.5 Å². The lowest BCUT2D eigenvalue weighted by Gasteiger charge is -2.37. The van der Waals surface area contributed by atoms with Gasteiger partial charge in [0.05, 0.1) is 26.8 Å². The molecular weight excluding hydrogens is 414 g/mol. The summed E-state index contributed by atoms with van der Waals surface area (Å²) in [5.41, 5.74) is 1.76. The molecule has 0 radical (unpaired) electrons. The Morgan fingerprint density at radius 1 is 0.903 bits per heavy atom. The molecule has 0 unspecified atom stereocenters. The normalized spacial score (nSPS) is 13.8. The lowest BCUT2D eigenvalue weighted by Crippen LogP contribution is -2.50. The van der Waals surface area contributed by atoms with E-state index in [0.717, 1.165) is 54.3 Å². The van der Waals surface area contributed by atoms with Gasteiger partial charge < -0.3 is 29.3 Å². The standard InChI is InChI=1S/C22H25N5O3S/c1-28-16-6-4-15(5-7-16)25-22(31)27-10-8-26(9-11-27)21-17-12-19(29-2)20(30-3)13-18(17)23-14-24-21/h4-7,12-14H,8-11H2,1-3H3,(H,25,31). The Morgan fingerprint density at radius 3 is 2.23 bits per heavy atom. The van der Waals surface area contributed by atoms with Crippen molar-refractivity contribution in [2.45, 2.75) is 0 Å². The fourth-order valence-electron chi connectivity index (χ4n) is 3.62. The van der Waals surface area contributed by atoms with E-state index in [1.54, 1.807) is 27.7 Å². The first-order valence-corrected chi connectivity index (χ1v) is 10.4. The highest BCUT2D eigenvalue weighted by atomic mass is 32.1. The second-order valence-electron chi connectivity index (χ2n) is 7.05. The van der Waals surface area contributed by atoms with Gasteiger partial charge in [-0.2, -0.15) is 0 Å². The molecule has 0 amide bonds. The summed E-state index contributed by atoms with van der Waals surface area (Å²) in [7, 11) is 4.90. The van der Waals surface area contributed by atoms with Crippen molar-refractivity contribution in [1.82, 2.24) is 14.9 Å². The quantitative estimate of drug-likeness (QED) is 0.604. The number of hydrogen-bond donors (Lipinski definition) is 1. The highest BCUT2D eigenvalue weighted by Gasteiger charge is 2.22. The maximum absolute atomic E-state index is 5.62. The highest BCUT2D eigenvalue weighted by molar-refractivity contribution is 7.80. The Bertz CT molecular complexity index is 1070. The summed E-state index contributed by atoms with van der Waals surface area (Å²) in [5.74, 6) is 3.02. The minimum Gasteiger partial charge on any atom is -0.497 e. The van der Waals surface area contributed by atoms with Crippen LogP contribution in [0.5, 0.6) is 17.2 Å². The number of ether oxygens (including phenoxy) is 3. The zero-order chi connectivity index (χ0) is 21.8. The number of thiocarbonyl (C=S) groups is 1. The van der Waals surface area contributed by atoms with Gasteiger partial charge in [-0.15, -0.1) is 0 Å². The van der Waals surface area contributed by atoms with Gasteiger partial charge in [0.1, 0.15) is 17.9 Å². The van der Waals surface area contributed by atoms with Gasteiger partial charge >= 0.3 is 0 Å². The molecule has 1 aliphatic rings. The van der Waals surface area contributed by atoms with Crippen LogP contribution in [0.25, 0.3) is 10.9 Å². The van der Waals surface area contributed by atoms with Crippen LogP contribution in [0, 0.1) is 0 Å². The molecule has 1 N–H and O–H groups in total. The van der Waals surface area contributed by atoms with Crippen LogP contribution in [0.1, 0.15) is 0 Å². The molecule has 8 nitrogen and oxygen atoms in total. The van der Waals surface area contributed by atoms with E-state index in [0.29, 0.717) is 16.6 Å². The summed E-state index contributed by atoms with van der Waals surface area (Å²) in [6.07, 6.45) is 1.59. The van der Waals surface area contributed by atoms with Crippen molar-refractivity contribution >= 4 is 39.7 Å². The molecule has 2 heterocycles. The van der Waals surface area contributed by atoms with Crippen molar-refractivity contribution < 1.29 is 14.2 Å². The smallest absolute Gasteiger partial charge is 0.173 e. The molecule has 3 aromatic rings. The van der Waals surface area contributed by atoms with Crippen molar-refractivity contribution in [3.8, 4) is 17.2 Å². The minimum absolute atomic E-state index is 0.652. The molecule has 2 aromatic carbocycles. The zero-order valence-electron chi connectivity index (χ0n) is 17.8. The maximum Gasteiger partial charge on any atom is 0.173 e. The molecule has 0 aliphatic carbocycles. The van der Waals surface area contributed by atoms with E-state index in [1.807, 2.05) is 36.4 Å². The van der Waals surface area contributed by atoms with E-state index in [2.05, 4.69) is 25.1 Å². The molecule has 0 saturated carbocycles. The monoisotopic (exact) mass is 439 g/mol. The maximum atomic E-state index is 5.62. The number of hydrogen-bond acceptors (Lipinski definition) is 7. The number of benzene rings is 2. The van der Waals surface area contributed by atoms with Gasteiger partial charge in [-0.25, -0.2) is 9.97 Å². The second-order valence-corrected chi connectivity index (χ2v) is 7.44. The number of rotatable bonds is 5. The lowest BCUT2D eigenvalue weighted by molar-refractivity contribution is 0.355. The molecule has 4 rings (SSSR count). The fraction of sp³-hybridized carbons (Fsp3) is 0.318. The third-order valence-corrected chi connectivity index (χ3v) is 5.69. The van der Waals surface area contributed by atoms with E-state index in [9.17, 15) is 0 Å². The summed E-state index contributed by atoms with van der Waals surface area (Å²) in [6.45, 7) is 3.18. The topological polar surface area (TPSA) is 72.0 Å². The molecule has 0 atom stereocenters. The van der Waals surface area contributed by atoms with Crippen molar-refractivity contribution in [1.29, 1.82) is 0 Å². The number of piperazine rings is 1. The number of aromatic nitrogens is 2. The van der Waals surface area contributed by atoms with E-state index < -0.39 is 0 Å². The predicted molar refractivity (Wildman–Crippen MR) is 126 cm³/mol. The first-order valence-electron chi connectivity index (χ1n) is 9.94. The molecular formula is C22H25N5O3S. The first-order chi connectivity index (χ1) is 15.1. The Kier molecular flexibility index (Phi) is 6.22. The Morgan fingerprint density at radius 2 is 1.58 bits per heavy atom. The van der Waals surface area contributed by atoms with Crippen LogP contribution >= 0.6 is 12.2 Å². The van der Waals surface area contributed by atoms with E-state index >= 15 is 0 Å². The largest absolute Gasteiger partial charge is 0.497 e. The highest BCUT2D eigenvalue weighted by Crippen LogP contribution is 2.34. The van der Waals surface area contributed by atoms with Crippen LogP contribution in [0.3, 0.4) is 0 Å². The summed E-state index contributed by atoms with van der Waals surface area (Å²) in [6, 6.07) is 11.5. The van der Waals surface area contributed by atoms with Gasteiger partial charge in [0.25, 0.3) is 0 Å². The molecule has 1 saturated heterocycles. The van der Waals surface area contributed by atoms with E-state index in [1.165, 1.54) is 0 Å². The molecule has 162 valence electrons. The number of anilines is 2. The molecule has 31 heavy (non-hydrogen) atoms. The Labute approximate surface area is 186 Å². The third-order valence-electron chi connectivity index (χ3n) is 5.33. The number of nitrogens with zero attached hydrogens (tertiary/aromatic N) is 4. The summed E-state index contributed by atoms with van der Waals surface area (Å²) < 4.78 is 16.1. The minimum atomic E-state index is 0.652. The fourth-order valence-corrected chi connectivity index (χ4v) is 3.92. The van der Waals surface area contributed by atoms with Crippen molar-refractivity contribution in [2.75, 3.05) is 57.7 Å². The third kappa shape index (κ3) is 4.41. The molecule has 0 bridgehead atoms. The van der Waals surface area contributed by atoms with Gasteiger partial charge in [0.2, 0.25) is 0 Å². The van der Waals surface area contributed by atoms with Crippen LogP contribution in [0.15, 0.2) is 42.7 Å². The van der Waals surface area contributed by atoms with Gasteiger partial charge in [0.15, 0.2) is 16.6 Å². The van der Waals surface area contributed by atoms with Gasteiger partial charge in [-0.1, -0.05) is 0 Å². The average molecular weight is 440 g/mol. The van der Waals surface area contributed by atoms with Gasteiger partial charge in [-0.3, -0.25) is 0 Å². The number of fused-ring (bicyclic) bond motifs is 1. The molecule has 1 aliphatic heterocycles. The van der Waals surface area contributed by atoms with E-state index in [-0.39, 0.29) is 0 Å². The van der Waals surface area contributed by atoms with Crippen LogP contribution in [-0.2, 0) is 0 Å². The first kappa shape index (κ1) is 20.9. The summed E-state index contributed by atoms with van der Waals surface area (Å²) >= 11 is 5.62. The second kappa shape index (κ2) is 9.22. The van der Waals surface area contributed by atoms with Gasteiger partial charge in [-0.05, 0) is 42.5 Å². The van der Waals surface area contributed by atoms with Crippen molar-refractivity contribution in [2.24, 2.45) is 0 Å². The van der Waals surface area contributed by atoms with Crippen molar-refractivity contribution in [3.63, 3.8) is 0 Å². The zero-order valence-corrected chi connectivity index (χ0v) is 18.6. The molecule has 1 aromatic heterocycles. The summed E-state index contributed by atoms with van der Waals surface area (Å²) in [4.78, 5) is 13.4. The number of nitrogens with one attached hydrogen (secondary N) is 1. The van der Waals surface area contributed by atoms with Crippen molar-refractivity contribution in [3.05, 3.63) is 42.7 Å². The average Bonchev–Trinajstić information content (AvgIpc) is 2.83. The van der Waals surface area contributed by atoms with Crippen LogP contribution < -0.4 is 24.4 Å². The van der Waals surface area contributed by atoms with E-state index in [4.69, 9.17) is 26.4 Å². The predicted octanol–water partition coefficient (Wildman–Crippen LogP) is 3.17.